The lowest BCUT2D eigenvalue weighted by Crippen LogP contribution is -2.60. The standard InChI is InChI=1S/C23H32N2O4/c1-5-15-13-25-11-10-23(18-8-6-7-9-19(18)24-22(23,2)27)20(25)12-16(15)17(14-28-3)21(26)29-4/h6-9,14-16,20,24,27H,5,10-13H2,1-4H3. The molecule has 1 aromatic carbocycles. The minimum Gasteiger partial charge on any atom is -0.504 e. The third kappa shape index (κ3) is 2.88. The van der Waals surface area contributed by atoms with Crippen LogP contribution in [0.25, 0.3) is 0 Å². The molecule has 0 amide bonds. The Bertz CT molecular complexity index is 821. The van der Waals surface area contributed by atoms with Gasteiger partial charge < -0.3 is 19.9 Å². The van der Waals surface area contributed by atoms with Gasteiger partial charge in [-0.1, -0.05) is 31.5 Å². The summed E-state index contributed by atoms with van der Waals surface area (Å²) in [6, 6.07) is 8.36. The molecule has 3 heterocycles. The van der Waals surface area contributed by atoms with Crippen LogP contribution < -0.4 is 5.32 Å². The van der Waals surface area contributed by atoms with Gasteiger partial charge in [0.25, 0.3) is 0 Å². The SMILES string of the molecule is CCC1CN2CCC3(c4ccccc4NC3(C)O)C2CC1C(=COC)C(=O)OC. The summed E-state index contributed by atoms with van der Waals surface area (Å²) in [6.07, 6.45) is 4.20. The zero-order valence-electron chi connectivity index (χ0n) is 17.8. The second-order valence-corrected chi connectivity index (χ2v) is 8.79. The molecule has 29 heavy (non-hydrogen) atoms. The molecule has 3 aliphatic rings. The number of para-hydroxylation sites is 1. The molecule has 4 rings (SSSR count). The molecule has 6 nitrogen and oxygen atoms in total. The summed E-state index contributed by atoms with van der Waals surface area (Å²) in [5.74, 6) is 0.0520. The van der Waals surface area contributed by atoms with Crippen molar-refractivity contribution in [3.05, 3.63) is 41.7 Å². The van der Waals surface area contributed by atoms with Gasteiger partial charge in [-0.2, -0.15) is 0 Å². The van der Waals surface area contributed by atoms with Crippen LogP contribution in [0, 0.1) is 11.8 Å². The number of aliphatic hydroxyl groups is 1. The molecule has 0 bridgehead atoms. The van der Waals surface area contributed by atoms with Crippen LogP contribution in [0.4, 0.5) is 5.69 Å². The number of nitrogens with one attached hydrogen (secondary N) is 1. The number of esters is 1. The normalized spacial score (nSPS) is 36.4. The first kappa shape index (κ1) is 20.2. The third-order valence-electron chi connectivity index (χ3n) is 7.56. The molecular formula is C23H32N2O4. The van der Waals surface area contributed by atoms with Crippen molar-refractivity contribution in [1.29, 1.82) is 0 Å². The van der Waals surface area contributed by atoms with Crippen LogP contribution in [0.5, 0.6) is 0 Å². The number of carbonyl (C=O) groups excluding carboxylic acids is 1. The molecule has 5 atom stereocenters. The molecule has 158 valence electrons. The van der Waals surface area contributed by atoms with E-state index in [0.717, 1.165) is 38.0 Å². The smallest absolute Gasteiger partial charge is 0.337 e. The van der Waals surface area contributed by atoms with Crippen LogP contribution in [-0.2, 0) is 19.7 Å². The number of piperidine rings is 1. The first-order chi connectivity index (χ1) is 13.9. The Morgan fingerprint density at radius 2 is 2.14 bits per heavy atom. The quantitative estimate of drug-likeness (QED) is 0.460. The number of anilines is 1. The summed E-state index contributed by atoms with van der Waals surface area (Å²) < 4.78 is 10.3. The van der Waals surface area contributed by atoms with Gasteiger partial charge in [0.05, 0.1) is 31.5 Å². The lowest BCUT2D eigenvalue weighted by atomic mass is 9.64. The number of nitrogens with zero attached hydrogens (tertiary/aromatic N) is 1. The topological polar surface area (TPSA) is 71.0 Å². The van der Waals surface area contributed by atoms with E-state index in [0.29, 0.717) is 11.5 Å². The molecule has 0 radical (unpaired) electrons. The summed E-state index contributed by atoms with van der Waals surface area (Å²) >= 11 is 0. The van der Waals surface area contributed by atoms with E-state index in [9.17, 15) is 9.90 Å². The molecule has 3 aliphatic heterocycles. The van der Waals surface area contributed by atoms with Crippen molar-refractivity contribution < 1.29 is 19.4 Å². The van der Waals surface area contributed by atoms with Gasteiger partial charge in [0.1, 0.15) is 5.72 Å². The Hall–Kier alpha value is -2.05. The highest BCUT2D eigenvalue weighted by Crippen LogP contribution is 2.58. The van der Waals surface area contributed by atoms with Gasteiger partial charge in [0.2, 0.25) is 0 Å². The fourth-order valence-corrected chi connectivity index (χ4v) is 6.21. The molecule has 1 spiro atoms. The van der Waals surface area contributed by atoms with Gasteiger partial charge in [-0.3, -0.25) is 4.90 Å². The van der Waals surface area contributed by atoms with E-state index in [4.69, 9.17) is 9.47 Å². The number of ether oxygens (including phenoxy) is 2. The second kappa shape index (κ2) is 7.33. The Morgan fingerprint density at radius 1 is 1.38 bits per heavy atom. The molecule has 0 aliphatic carbocycles. The first-order valence-corrected chi connectivity index (χ1v) is 10.5. The number of methoxy groups -OCH3 is 2. The molecule has 2 saturated heterocycles. The number of hydrogen-bond acceptors (Lipinski definition) is 6. The lowest BCUT2D eigenvalue weighted by Gasteiger charge is -2.49. The van der Waals surface area contributed by atoms with Crippen LogP contribution in [0.2, 0.25) is 0 Å². The molecule has 2 fully saturated rings. The van der Waals surface area contributed by atoms with Gasteiger partial charge >= 0.3 is 5.97 Å². The molecule has 6 heteroatoms. The molecule has 0 aromatic heterocycles. The van der Waals surface area contributed by atoms with Crippen molar-refractivity contribution in [2.75, 3.05) is 32.6 Å². The van der Waals surface area contributed by atoms with Crippen molar-refractivity contribution in [1.82, 2.24) is 4.90 Å². The van der Waals surface area contributed by atoms with Crippen LogP contribution in [0.1, 0.15) is 38.7 Å². The highest BCUT2D eigenvalue weighted by molar-refractivity contribution is 5.88. The van der Waals surface area contributed by atoms with Crippen LogP contribution >= 0.6 is 0 Å². The Balaban J connectivity index is 1.77. The summed E-state index contributed by atoms with van der Waals surface area (Å²) in [5.41, 5.74) is 1.34. The maximum atomic E-state index is 12.5. The summed E-state index contributed by atoms with van der Waals surface area (Å²) in [6.45, 7) is 5.92. The van der Waals surface area contributed by atoms with Crippen molar-refractivity contribution in [3.8, 4) is 0 Å². The minimum atomic E-state index is -1.05. The van der Waals surface area contributed by atoms with Crippen LogP contribution in [0.15, 0.2) is 36.1 Å². The zero-order valence-corrected chi connectivity index (χ0v) is 17.8. The predicted octanol–water partition coefficient (Wildman–Crippen LogP) is 2.88. The summed E-state index contributed by atoms with van der Waals surface area (Å²) in [4.78, 5) is 15.1. The summed E-state index contributed by atoms with van der Waals surface area (Å²) in [5, 5.41) is 14.9. The fourth-order valence-electron chi connectivity index (χ4n) is 6.21. The van der Waals surface area contributed by atoms with E-state index < -0.39 is 11.1 Å². The van der Waals surface area contributed by atoms with Crippen LogP contribution in [-0.4, -0.2) is 55.1 Å². The zero-order chi connectivity index (χ0) is 20.8. The maximum Gasteiger partial charge on any atom is 0.337 e. The Kier molecular flexibility index (Phi) is 5.11. The first-order valence-electron chi connectivity index (χ1n) is 10.5. The van der Waals surface area contributed by atoms with E-state index in [2.05, 4.69) is 23.2 Å². The number of fused-ring (bicyclic) bond motifs is 4. The van der Waals surface area contributed by atoms with E-state index in [-0.39, 0.29) is 17.9 Å². The average Bonchev–Trinajstić information content (AvgIpc) is 3.21. The van der Waals surface area contributed by atoms with Gasteiger partial charge in [0.15, 0.2) is 0 Å². The van der Waals surface area contributed by atoms with Crippen molar-refractivity contribution in [2.45, 2.75) is 50.3 Å². The van der Waals surface area contributed by atoms with Gasteiger partial charge in [-0.05, 0) is 49.8 Å². The number of hydrogen-bond donors (Lipinski definition) is 2. The molecule has 2 N–H and O–H groups in total. The van der Waals surface area contributed by atoms with Crippen LogP contribution in [0.3, 0.4) is 0 Å². The number of rotatable bonds is 4. The maximum absolute atomic E-state index is 12.5. The van der Waals surface area contributed by atoms with E-state index in [1.165, 1.54) is 12.7 Å². The monoisotopic (exact) mass is 400 g/mol. The highest BCUT2D eigenvalue weighted by atomic mass is 16.5. The molecule has 5 unspecified atom stereocenters. The highest BCUT2D eigenvalue weighted by Gasteiger charge is 2.64. The van der Waals surface area contributed by atoms with E-state index in [1.807, 2.05) is 25.1 Å². The Labute approximate surface area is 172 Å². The number of benzene rings is 1. The lowest BCUT2D eigenvalue weighted by molar-refractivity contribution is -0.137. The van der Waals surface area contributed by atoms with Gasteiger partial charge in [0, 0.05) is 18.3 Å². The van der Waals surface area contributed by atoms with Crippen molar-refractivity contribution in [2.24, 2.45) is 11.8 Å². The van der Waals surface area contributed by atoms with E-state index in [1.54, 1.807) is 13.4 Å². The summed E-state index contributed by atoms with van der Waals surface area (Å²) in [7, 11) is 2.99. The second-order valence-electron chi connectivity index (χ2n) is 8.79. The number of carbonyl (C=O) groups is 1. The average molecular weight is 401 g/mol. The van der Waals surface area contributed by atoms with Crippen molar-refractivity contribution in [3.63, 3.8) is 0 Å². The fraction of sp³-hybridized carbons (Fsp3) is 0.609. The van der Waals surface area contributed by atoms with E-state index >= 15 is 0 Å². The van der Waals surface area contributed by atoms with Crippen molar-refractivity contribution >= 4 is 11.7 Å². The van der Waals surface area contributed by atoms with Gasteiger partial charge in [-0.15, -0.1) is 0 Å². The van der Waals surface area contributed by atoms with Gasteiger partial charge in [-0.25, -0.2) is 4.79 Å². The molecule has 1 aromatic rings. The Morgan fingerprint density at radius 3 is 2.83 bits per heavy atom. The minimum absolute atomic E-state index is 0.0344. The molecule has 0 saturated carbocycles. The largest absolute Gasteiger partial charge is 0.504 e. The predicted molar refractivity (Wildman–Crippen MR) is 111 cm³/mol. The third-order valence-corrected chi connectivity index (χ3v) is 7.56. The molecular weight excluding hydrogens is 368 g/mol.